The van der Waals surface area contributed by atoms with Gasteiger partial charge in [0.2, 0.25) is 0 Å². The molecule has 2 rings (SSSR count). The number of para-hydroxylation sites is 2. The number of carbonyl (C=O) groups is 1. The van der Waals surface area contributed by atoms with Crippen molar-refractivity contribution in [2.75, 3.05) is 6.61 Å². The lowest BCUT2D eigenvalue weighted by molar-refractivity contribution is 0.101. The van der Waals surface area contributed by atoms with Gasteiger partial charge in [0.05, 0.1) is 12.2 Å². The van der Waals surface area contributed by atoms with Crippen LogP contribution in [0.3, 0.4) is 0 Å². The second-order valence-electron chi connectivity index (χ2n) is 4.59. The predicted octanol–water partition coefficient (Wildman–Crippen LogP) is 5.23. The Morgan fingerprint density at radius 3 is 2.48 bits per heavy atom. The zero-order valence-electron chi connectivity index (χ0n) is 12.1. The lowest BCUT2D eigenvalue weighted by Crippen LogP contribution is -2.00. The Hall–Kier alpha value is -1.81. The molecule has 0 bridgehead atoms. The molecule has 0 spiro atoms. The van der Waals surface area contributed by atoms with E-state index >= 15 is 0 Å². The molecule has 0 fully saturated rings. The second-order valence-corrected chi connectivity index (χ2v) is 5.51. The molecule has 0 amide bonds. The Bertz CT molecular complexity index is 638. The maximum absolute atomic E-state index is 11.7. The van der Waals surface area contributed by atoms with E-state index in [1.165, 1.54) is 6.92 Å². The van der Waals surface area contributed by atoms with Crippen molar-refractivity contribution in [3.63, 3.8) is 0 Å². The van der Waals surface area contributed by atoms with Crippen LogP contribution in [0.2, 0.25) is 0 Å². The number of Topliss-reactive ketones (excluding diaryl/α,β-unsaturated/α-hetero) is 1. The zero-order valence-corrected chi connectivity index (χ0v) is 13.6. The summed E-state index contributed by atoms with van der Waals surface area (Å²) in [4.78, 5) is 11.7. The van der Waals surface area contributed by atoms with Gasteiger partial charge in [0.1, 0.15) is 5.75 Å². The van der Waals surface area contributed by atoms with Gasteiger partial charge in [-0.15, -0.1) is 0 Å². The Labute approximate surface area is 133 Å². The highest BCUT2D eigenvalue weighted by atomic mass is 79.9. The summed E-state index contributed by atoms with van der Waals surface area (Å²) in [5.74, 6) is 1.76. The summed E-state index contributed by atoms with van der Waals surface area (Å²) in [6.07, 6.45) is 0.921. The smallest absolute Gasteiger partial charge is 0.169 e. The summed E-state index contributed by atoms with van der Waals surface area (Å²) in [5, 5.41) is 0. The number of carbonyl (C=O) groups excluding carboxylic acids is 1. The molecule has 110 valence electrons. The zero-order chi connectivity index (χ0) is 15.2. The van der Waals surface area contributed by atoms with E-state index in [1.54, 1.807) is 12.1 Å². The third-order valence-electron chi connectivity index (χ3n) is 2.85. The fourth-order valence-corrected chi connectivity index (χ4v) is 2.20. The topological polar surface area (TPSA) is 35.5 Å². The average molecular weight is 349 g/mol. The van der Waals surface area contributed by atoms with E-state index in [2.05, 4.69) is 15.9 Å². The van der Waals surface area contributed by atoms with E-state index in [4.69, 9.17) is 9.47 Å². The summed E-state index contributed by atoms with van der Waals surface area (Å²) in [6, 6.07) is 12.8. The minimum absolute atomic E-state index is 0.0375. The van der Waals surface area contributed by atoms with Crippen molar-refractivity contribution in [2.45, 2.75) is 20.3 Å². The van der Waals surface area contributed by atoms with Crippen LogP contribution < -0.4 is 9.47 Å². The van der Waals surface area contributed by atoms with Crippen LogP contribution in [0.4, 0.5) is 0 Å². The van der Waals surface area contributed by atoms with E-state index in [1.807, 2.05) is 37.3 Å². The summed E-state index contributed by atoms with van der Waals surface area (Å²) in [7, 11) is 0. The Kier molecular flexibility index (Phi) is 5.39. The molecule has 0 N–H and O–H groups in total. The third-order valence-corrected chi connectivity index (χ3v) is 3.35. The number of ketones is 1. The first kappa shape index (κ1) is 15.6. The van der Waals surface area contributed by atoms with Gasteiger partial charge >= 0.3 is 0 Å². The number of hydrogen-bond acceptors (Lipinski definition) is 3. The first-order chi connectivity index (χ1) is 10.1. The van der Waals surface area contributed by atoms with E-state index in [0.717, 1.165) is 10.9 Å². The molecular formula is C17H17BrO3. The van der Waals surface area contributed by atoms with Crippen LogP contribution in [0.5, 0.6) is 17.2 Å². The molecule has 0 unspecified atom stereocenters. The quantitative estimate of drug-likeness (QED) is 0.670. The molecule has 0 saturated carbocycles. The summed E-state index contributed by atoms with van der Waals surface area (Å²) < 4.78 is 12.4. The monoisotopic (exact) mass is 348 g/mol. The largest absolute Gasteiger partial charge is 0.490 e. The molecule has 21 heavy (non-hydrogen) atoms. The fraction of sp³-hybridized carbons (Fsp3) is 0.235. The molecule has 0 aliphatic carbocycles. The van der Waals surface area contributed by atoms with Crippen LogP contribution in [0.15, 0.2) is 46.9 Å². The summed E-state index contributed by atoms with van der Waals surface area (Å²) in [5.41, 5.74) is 0.545. The average Bonchev–Trinajstić information content (AvgIpc) is 2.46. The van der Waals surface area contributed by atoms with Crippen LogP contribution >= 0.6 is 15.9 Å². The van der Waals surface area contributed by atoms with Gasteiger partial charge in [-0.3, -0.25) is 4.79 Å². The standard InChI is InChI=1S/C17H17BrO3/c1-3-10-20-15-6-4-5-7-16(15)21-17-11-13(18)8-9-14(17)12(2)19/h4-9,11H,3,10H2,1-2H3. The Balaban J connectivity index is 2.34. The number of rotatable bonds is 6. The SMILES string of the molecule is CCCOc1ccccc1Oc1cc(Br)ccc1C(C)=O. The highest BCUT2D eigenvalue weighted by Gasteiger charge is 2.12. The van der Waals surface area contributed by atoms with E-state index < -0.39 is 0 Å². The molecule has 0 aliphatic rings. The molecule has 2 aromatic carbocycles. The van der Waals surface area contributed by atoms with Crippen LogP contribution in [0.1, 0.15) is 30.6 Å². The minimum Gasteiger partial charge on any atom is -0.490 e. The van der Waals surface area contributed by atoms with Gasteiger partial charge in [0, 0.05) is 4.47 Å². The van der Waals surface area contributed by atoms with Gasteiger partial charge in [0.15, 0.2) is 17.3 Å². The van der Waals surface area contributed by atoms with Crippen LogP contribution in [-0.4, -0.2) is 12.4 Å². The maximum Gasteiger partial charge on any atom is 0.169 e. The summed E-state index contributed by atoms with van der Waals surface area (Å²) in [6.45, 7) is 4.19. The molecular weight excluding hydrogens is 332 g/mol. The molecule has 0 aliphatic heterocycles. The molecule has 4 heteroatoms. The normalized spacial score (nSPS) is 10.2. The molecule has 0 saturated heterocycles. The van der Waals surface area contributed by atoms with Gasteiger partial charge < -0.3 is 9.47 Å². The molecule has 2 aromatic rings. The third kappa shape index (κ3) is 4.08. The minimum atomic E-state index is -0.0375. The molecule has 0 radical (unpaired) electrons. The fourth-order valence-electron chi connectivity index (χ4n) is 1.86. The van der Waals surface area contributed by atoms with Crippen molar-refractivity contribution in [2.24, 2.45) is 0 Å². The van der Waals surface area contributed by atoms with Gasteiger partial charge in [-0.25, -0.2) is 0 Å². The maximum atomic E-state index is 11.7. The Morgan fingerprint density at radius 1 is 1.10 bits per heavy atom. The molecule has 0 aromatic heterocycles. The van der Waals surface area contributed by atoms with Crippen LogP contribution in [0.25, 0.3) is 0 Å². The van der Waals surface area contributed by atoms with E-state index in [9.17, 15) is 4.79 Å². The van der Waals surface area contributed by atoms with Crippen molar-refractivity contribution >= 4 is 21.7 Å². The number of halogens is 1. The summed E-state index contributed by atoms with van der Waals surface area (Å²) >= 11 is 3.40. The van der Waals surface area contributed by atoms with Crippen LogP contribution in [0, 0.1) is 0 Å². The predicted molar refractivity (Wildman–Crippen MR) is 86.4 cm³/mol. The lowest BCUT2D eigenvalue weighted by atomic mass is 10.1. The van der Waals surface area contributed by atoms with Gasteiger partial charge in [-0.1, -0.05) is 35.0 Å². The number of benzene rings is 2. The first-order valence-electron chi connectivity index (χ1n) is 6.82. The first-order valence-corrected chi connectivity index (χ1v) is 7.61. The lowest BCUT2D eigenvalue weighted by Gasteiger charge is -2.14. The van der Waals surface area contributed by atoms with Crippen molar-refractivity contribution in [1.82, 2.24) is 0 Å². The van der Waals surface area contributed by atoms with E-state index in [0.29, 0.717) is 29.4 Å². The van der Waals surface area contributed by atoms with Gasteiger partial charge in [-0.05, 0) is 43.7 Å². The van der Waals surface area contributed by atoms with Crippen molar-refractivity contribution in [3.05, 3.63) is 52.5 Å². The number of hydrogen-bond donors (Lipinski definition) is 0. The van der Waals surface area contributed by atoms with Crippen molar-refractivity contribution in [1.29, 1.82) is 0 Å². The molecule has 3 nitrogen and oxygen atoms in total. The highest BCUT2D eigenvalue weighted by Crippen LogP contribution is 2.34. The molecule has 0 atom stereocenters. The molecule has 0 heterocycles. The van der Waals surface area contributed by atoms with Crippen LogP contribution in [-0.2, 0) is 0 Å². The number of ether oxygens (including phenoxy) is 2. The second kappa shape index (κ2) is 7.27. The highest BCUT2D eigenvalue weighted by molar-refractivity contribution is 9.10. The van der Waals surface area contributed by atoms with Gasteiger partial charge in [-0.2, -0.15) is 0 Å². The van der Waals surface area contributed by atoms with E-state index in [-0.39, 0.29) is 5.78 Å². The van der Waals surface area contributed by atoms with Gasteiger partial charge in [0.25, 0.3) is 0 Å². The van der Waals surface area contributed by atoms with Crippen molar-refractivity contribution < 1.29 is 14.3 Å². The Morgan fingerprint density at radius 2 is 1.81 bits per heavy atom. The van der Waals surface area contributed by atoms with Crippen molar-refractivity contribution in [3.8, 4) is 17.2 Å².